The number of methoxy groups -OCH3 is 1. The predicted octanol–water partition coefficient (Wildman–Crippen LogP) is -0.772. The highest BCUT2D eigenvalue weighted by Crippen LogP contribution is 2.44. The Hall–Kier alpha value is -7.15. The van der Waals surface area contributed by atoms with Crippen molar-refractivity contribution >= 4 is 29.0 Å². The van der Waals surface area contributed by atoms with Crippen LogP contribution < -0.4 is 14.2 Å². The van der Waals surface area contributed by atoms with E-state index in [1.807, 2.05) is 0 Å². The molecule has 5 aromatic rings. The van der Waals surface area contributed by atoms with E-state index in [0.29, 0.717) is 0 Å². The Labute approximate surface area is 428 Å². The number of aromatic hydroxyl groups is 5. The molecule has 15 unspecified atom stereocenters. The summed E-state index contributed by atoms with van der Waals surface area (Å²) in [4.78, 5) is 25.8. The second-order valence-electron chi connectivity index (χ2n) is 17.6. The van der Waals surface area contributed by atoms with Gasteiger partial charge in [0, 0.05) is 24.3 Å². The smallest absolute Gasteiger partial charge is 0.402 e. The van der Waals surface area contributed by atoms with E-state index < -0.39 is 141 Å². The summed E-state index contributed by atoms with van der Waals surface area (Å²) in [5, 5.41) is 149. The van der Waals surface area contributed by atoms with Crippen molar-refractivity contribution in [1.29, 1.82) is 0 Å². The third kappa shape index (κ3) is 11.9. The van der Waals surface area contributed by atoms with Crippen LogP contribution >= 0.6 is 0 Å². The zero-order valence-corrected chi connectivity index (χ0v) is 39.6. The molecule has 0 bridgehead atoms. The zero-order chi connectivity index (χ0) is 54.7. The number of benzene rings is 4. The van der Waals surface area contributed by atoms with E-state index in [4.69, 9.17) is 47.0 Å². The summed E-state index contributed by atoms with van der Waals surface area (Å²) in [6, 6.07) is 15.9. The van der Waals surface area contributed by atoms with E-state index in [9.17, 15) is 81.1 Å². The molecule has 3 saturated heterocycles. The second kappa shape index (κ2) is 23.4. The van der Waals surface area contributed by atoms with Crippen LogP contribution in [0.3, 0.4) is 0 Å². The minimum atomic E-state index is -2.15. The van der Waals surface area contributed by atoms with Crippen molar-refractivity contribution in [2.75, 3.05) is 26.9 Å². The van der Waals surface area contributed by atoms with Crippen molar-refractivity contribution in [1.82, 2.24) is 0 Å². The minimum absolute atomic E-state index is 0.0169. The van der Waals surface area contributed by atoms with Crippen LogP contribution in [0.2, 0.25) is 0 Å². The number of carbonyl (C=O) groups is 2. The Morgan fingerprint density at radius 1 is 0.579 bits per heavy atom. The summed E-state index contributed by atoms with van der Waals surface area (Å²) in [7, 11) is 1.25. The molecule has 0 saturated carbocycles. The summed E-state index contributed by atoms with van der Waals surface area (Å²) < 4.78 is 58.1. The van der Waals surface area contributed by atoms with Crippen LogP contribution in [-0.2, 0) is 33.2 Å². The first kappa shape index (κ1) is 55.1. The maximum absolute atomic E-state index is 13.0. The third-order valence-electron chi connectivity index (χ3n) is 12.5. The maximum Gasteiger partial charge on any atom is 0.402 e. The highest BCUT2D eigenvalue weighted by atomic mass is 16.8. The molecule has 3 fully saturated rings. The lowest BCUT2D eigenvalue weighted by Gasteiger charge is -2.45. The second-order valence-corrected chi connectivity index (χ2v) is 17.6. The van der Waals surface area contributed by atoms with Crippen LogP contribution in [0.5, 0.6) is 46.0 Å². The summed E-state index contributed by atoms with van der Waals surface area (Å²) in [5.74, 6) is -4.87. The average Bonchev–Trinajstić information content (AvgIpc) is 3.42. The number of phenolic OH excluding ortho intramolecular Hbond substituents is 5. The summed E-state index contributed by atoms with van der Waals surface area (Å²) in [5.41, 5.74) is 0.168. The molecule has 15 atom stereocenters. The maximum atomic E-state index is 13.0. The van der Waals surface area contributed by atoms with Crippen molar-refractivity contribution < 1.29 is 128 Å². The fourth-order valence-electron chi connectivity index (χ4n) is 8.25. The predicted molar refractivity (Wildman–Crippen MR) is 251 cm³/mol. The first-order valence-corrected chi connectivity index (χ1v) is 23.1. The van der Waals surface area contributed by atoms with Gasteiger partial charge in [0.1, 0.15) is 103 Å². The van der Waals surface area contributed by atoms with Gasteiger partial charge in [-0.05, 0) is 60.2 Å². The molecule has 4 heterocycles. The van der Waals surface area contributed by atoms with Crippen LogP contribution in [0.1, 0.15) is 15.9 Å². The number of esters is 2. The lowest BCUT2D eigenvalue weighted by molar-refractivity contribution is -0.357. The Balaban J connectivity index is 1.16. The molecule has 0 amide bonds. The molecule has 26 nitrogen and oxygen atoms in total. The molecular formula is C50H53O26+. The molecule has 0 spiro atoms. The molecule has 3 aliphatic heterocycles. The molecule has 3 aliphatic rings. The minimum Gasteiger partial charge on any atom is -0.508 e. The number of carbonyl (C=O) groups excluding carboxylic acids is 2. The van der Waals surface area contributed by atoms with Crippen molar-refractivity contribution in [3.63, 3.8) is 0 Å². The first-order valence-electron chi connectivity index (χ1n) is 23.1. The van der Waals surface area contributed by atoms with Gasteiger partial charge in [0.15, 0.2) is 35.4 Å². The van der Waals surface area contributed by atoms with Crippen LogP contribution in [0.4, 0.5) is 0 Å². The van der Waals surface area contributed by atoms with Crippen molar-refractivity contribution in [2.45, 2.75) is 92.1 Å². The molecule has 8 rings (SSSR count). The average molecular weight is 1070 g/mol. The molecule has 0 aliphatic carbocycles. The lowest BCUT2D eigenvalue weighted by Crippen LogP contribution is -2.65. The van der Waals surface area contributed by atoms with Gasteiger partial charge in [-0.2, -0.15) is 0 Å². The lowest BCUT2D eigenvalue weighted by atomic mass is 9.97. The highest BCUT2D eigenvalue weighted by Gasteiger charge is 2.53. The molecule has 408 valence electrons. The molecule has 26 heteroatoms. The Kier molecular flexibility index (Phi) is 17.0. The van der Waals surface area contributed by atoms with Gasteiger partial charge >= 0.3 is 23.3 Å². The largest absolute Gasteiger partial charge is 0.508 e. The number of fused-ring (bicyclic) bond motifs is 1. The third-order valence-corrected chi connectivity index (χ3v) is 12.5. The number of hydrogen-bond acceptors (Lipinski definition) is 25. The molecule has 0 radical (unpaired) electrons. The number of aliphatic hydroxyl groups is 9. The van der Waals surface area contributed by atoms with E-state index >= 15 is 0 Å². The summed E-state index contributed by atoms with van der Waals surface area (Å²) in [6.45, 7) is -2.38. The van der Waals surface area contributed by atoms with E-state index in [-0.39, 0.29) is 62.2 Å². The normalized spacial score (nSPS) is 29.7. The topological polar surface area (TPSA) is 412 Å². The van der Waals surface area contributed by atoms with Gasteiger partial charge < -0.3 is 114 Å². The number of aliphatic hydroxyl groups excluding tert-OH is 9. The monoisotopic (exact) mass is 1070 g/mol. The van der Waals surface area contributed by atoms with Gasteiger partial charge in [0.05, 0.1) is 30.9 Å². The van der Waals surface area contributed by atoms with Gasteiger partial charge in [-0.1, -0.05) is 6.07 Å². The molecule has 14 N–H and O–H groups in total. The Bertz CT molecular complexity index is 2880. The fourth-order valence-corrected chi connectivity index (χ4v) is 8.25. The van der Waals surface area contributed by atoms with Crippen LogP contribution in [0.15, 0.2) is 89.4 Å². The zero-order valence-electron chi connectivity index (χ0n) is 39.6. The van der Waals surface area contributed by atoms with E-state index in [1.165, 1.54) is 73.8 Å². The number of hydrogen-bond donors (Lipinski definition) is 14. The SMILES string of the molecule is COc1cc(-c2[o+]c3cc(O)cc(OC4OC(CO)C(O)C(O)C4O)c3cc2OC2OC(COC(=O)/C=C/c3ccc(O)c(O)c3)C(O)C(O)C2OC2OC(COC(=O)c3ccc(O)cc3)C(O)C(O)C2O)ccc1O. The standard InChI is InChI=1S/C50H52O26/c1-67-31-13-22(6-10-27(31)55)45-32(16-25-29(70-45)14-24(53)15-30(25)71-48-43(64)40(61)37(58)33(17-51)73-48)72-50-46(42(63)39(60)34(75-50)18-68-36(57)11-3-20-2-9-26(54)28(56)12-20)76-49-44(65)41(62)38(59)35(74-49)19-69-47(66)21-4-7-23(52)8-5-21/h2-16,33-35,37-44,46,48-51,58-65H,17-19H2,1H3,(H4-,52,53,54,55,56,57,66)/p+1. The van der Waals surface area contributed by atoms with Crippen molar-refractivity contribution in [3.8, 4) is 57.3 Å². The number of rotatable bonds is 16. The molecule has 76 heavy (non-hydrogen) atoms. The summed E-state index contributed by atoms with van der Waals surface area (Å²) >= 11 is 0. The van der Waals surface area contributed by atoms with Crippen LogP contribution in [0.25, 0.3) is 28.4 Å². The quantitative estimate of drug-likeness (QED) is 0.0250. The van der Waals surface area contributed by atoms with E-state index in [2.05, 4.69) is 0 Å². The van der Waals surface area contributed by atoms with E-state index in [1.54, 1.807) is 0 Å². The van der Waals surface area contributed by atoms with Gasteiger partial charge in [-0.3, -0.25) is 0 Å². The summed E-state index contributed by atoms with van der Waals surface area (Å²) in [6.07, 6.45) is -26.4. The molecule has 1 aromatic heterocycles. The molecular weight excluding hydrogens is 1020 g/mol. The Morgan fingerprint density at radius 2 is 1.20 bits per heavy atom. The molecule has 4 aromatic carbocycles. The highest BCUT2D eigenvalue weighted by molar-refractivity contribution is 5.90. The van der Waals surface area contributed by atoms with Gasteiger partial charge in [-0.25, -0.2) is 14.0 Å². The van der Waals surface area contributed by atoms with Gasteiger partial charge in [-0.15, -0.1) is 0 Å². The number of ether oxygens (including phenoxy) is 9. The van der Waals surface area contributed by atoms with Crippen LogP contribution in [-0.4, -0.2) is 202 Å². The Morgan fingerprint density at radius 3 is 1.88 bits per heavy atom. The van der Waals surface area contributed by atoms with Crippen LogP contribution in [0, 0.1) is 0 Å². The van der Waals surface area contributed by atoms with Gasteiger partial charge in [0.2, 0.25) is 18.3 Å². The van der Waals surface area contributed by atoms with E-state index in [0.717, 1.165) is 24.3 Å². The number of phenols is 5. The first-order chi connectivity index (χ1) is 36.2. The van der Waals surface area contributed by atoms with Gasteiger partial charge in [0.25, 0.3) is 0 Å². The van der Waals surface area contributed by atoms with Crippen molar-refractivity contribution in [2.24, 2.45) is 0 Å². The van der Waals surface area contributed by atoms with Crippen molar-refractivity contribution in [3.05, 3.63) is 96.1 Å². The fraction of sp³-hybridized carbons (Fsp3) is 0.380.